The topological polar surface area (TPSA) is 67.8 Å². The minimum atomic E-state index is -1.38. The van der Waals surface area contributed by atoms with Crippen LogP contribution in [0.25, 0.3) is 0 Å². The van der Waals surface area contributed by atoms with Crippen LogP contribution < -0.4 is 14.8 Å². The molecule has 3 aromatic carbocycles. The second kappa shape index (κ2) is 8.39. The van der Waals surface area contributed by atoms with Crippen LogP contribution in [0.3, 0.4) is 0 Å². The molecule has 0 bridgehead atoms. The van der Waals surface area contributed by atoms with Crippen molar-refractivity contribution in [2.75, 3.05) is 12.4 Å². The highest BCUT2D eigenvalue weighted by Crippen LogP contribution is 2.33. The summed E-state index contributed by atoms with van der Waals surface area (Å²) < 4.78 is 38.0. The molecule has 3 rings (SSSR count). The van der Waals surface area contributed by atoms with Gasteiger partial charge in [-0.15, -0.1) is 0 Å². The Hall–Kier alpha value is -3.61. The lowest BCUT2D eigenvalue weighted by atomic mass is 10.1. The summed E-state index contributed by atoms with van der Waals surface area (Å²) in [5.41, 5.74) is 0.950. The number of halogens is 2. The normalized spacial score (nSPS) is 10.4. The molecule has 7 heteroatoms. The van der Waals surface area contributed by atoms with Gasteiger partial charge < -0.3 is 19.9 Å². The molecule has 0 aromatic heterocycles. The Balaban J connectivity index is 1.82. The maximum absolute atomic E-state index is 13.5. The van der Waals surface area contributed by atoms with Gasteiger partial charge in [0.15, 0.2) is 23.1 Å². The van der Waals surface area contributed by atoms with Crippen molar-refractivity contribution < 1.29 is 28.2 Å². The molecular weight excluding hydrogens is 368 g/mol. The predicted octanol–water partition coefficient (Wildman–Crippen LogP) is 4.99. The van der Waals surface area contributed by atoms with E-state index in [0.29, 0.717) is 29.9 Å². The fourth-order valence-corrected chi connectivity index (χ4v) is 2.58. The second-order valence-corrected chi connectivity index (χ2v) is 5.88. The number of nitrogens with one attached hydrogen (secondary N) is 1. The van der Waals surface area contributed by atoms with Crippen LogP contribution in [0, 0.1) is 11.6 Å². The van der Waals surface area contributed by atoms with E-state index in [0.717, 1.165) is 11.6 Å². The van der Waals surface area contributed by atoms with E-state index in [1.165, 1.54) is 7.11 Å². The van der Waals surface area contributed by atoms with Gasteiger partial charge in [-0.3, -0.25) is 0 Å². The Morgan fingerprint density at radius 1 is 1.00 bits per heavy atom. The second-order valence-electron chi connectivity index (χ2n) is 5.88. The average Bonchev–Trinajstić information content (AvgIpc) is 2.70. The predicted molar refractivity (Wildman–Crippen MR) is 100 cm³/mol. The summed E-state index contributed by atoms with van der Waals surface area (Å²) in [5.74, 6) is -2.87. The van der Waals surface area contributed by atoms with Crippen LogP contribution in [0.4, 0.5) is 20.2 Å². The number of ether oxygens (including phenoxy) is 2. The Morgan fingerprint density at radius 3 is 2.39 bits per heavy atom. The number of hydrogen-bond donors (Lipinski definition) is 2. The molecule has 28 heavy (non-hydrogen) atoms. The fourth-order valence-electron chi connectivity index (χ4n) is 2.58. The third-order valence-corrected chi connectivity index (χ3v) is 3.97. The lowest BCUT2D eigenvalue weighted by Crippen LogP contribution is -2.05. The monoisotopic (exact) mass is 385 g/mol. The summed E-state index contributed by atoms with van der Waals surface area (Å²) in [4.78, 5) is 11.3. The van der Waals surface area contributed by atoms with E-state index in [1.54, 1.807) is 18.2 Å². The number of carboxylic acid groups (broad SMARTS) is 1. The third-order valence-electron chi connectivity index (χ3n) is 3.97. The Labute approximate surface area is 160 Å². The molecule has 0 radical (unpaired) electrons. The highest BCUT2D eigenvalue weighted by molar-refractivity contribution is 5.95. The van der Waals surface area contributed by atoms with E-state index < -0.39 is 17.6 Å². The molecule has 2 N–H and O–H groups in total. The molecule has 0 aliphatic carbocycles. The molecule has 0 aliphatic heterocycles. The Bertz CT molecular complexity index is 993. The molecule has 0 saturated carbocycles. The average molecular weight is 385 g/mol. The van der Waals surface area contributed by atoms with E-state index in [1.807, 2.05) is 30.3 Å². The van der Waals surface area contributed by atoms with Crippen LogP contribution in [0.1, 0.15) is 15.9 Å². The van der Waals surface area contributed by atoms with Crippen LogP contribution in [0.15, 0.2) is 60.7 Å². The number of anilines is 2. The molecule has 0 heterocycles. The number of methoxy groups -OCH3 is 1. The van der Waals surface area contributed by atoms with E-state index in [2.05, 4.69) is 5.32 Å². The van der Waals surface area contributed by atoms with Crippen LogP contribution >= 0.6 is 0 Å². The third kappa shape index (κ3) is 4.37. The number of hydrogen-bond acceptors (Lipinski definition) is 4. The van der Waals surface area contributed by atoms with Gasteiger partial charge in [0.1, 0.15) is 6.61 Å². The number of aromatic carboxylic acids is 1. The first-order valence-corrected chi connectivity index (χ1v) is 8.32. The smallest absolute Gasteiger partial charge is 0.337 e. The van der Waals surface area contributed by atoms with Crippen molar-refractivity contribution in [2.24, 2.45) is 0 Å². The molecule has 3 aromatic rings. The number of carboxylic acids is 1. The van der Waals surface area contributed by atoms with Crippen molar-refractivity contribution in [3.63, 3.8) is 0 Å². The van der Waals surface area contributed by atoms with Crippen LogP contribution in [-0.2, 0) is 6.61 Å². The SMILES string of the molecule is COc1cc(Nc2cc(F)c(F)cc2C(=O)O)ccc1OCc1ccccc1. The van der Waals surface area contributed by atoms with Gasteiger partial charge in [-0.1, -0.05) is 30.3 Å². The minimum absolute atomic E-state index is 0.0774. The first-order valence-electron chi connectivity index (χ1n) is 8.32. The Morgan fingerprint density at radius 2 is 1.71 bits per heavy atom. The summed E-state index contributed by atoms with van der Waals surface area (Å²) in [5, 5.41) is 12.0. The van der Waals surface area contributed by atoms with Crippen molar-refractivity contribution in [3.8, 4) is 11.5 Å². The molecule has 5 nitrogen and oxygen atoms in total. The minimum Gasteiger partial charge on any atom is -0.493 e. The standard InChI is InChI=1S/C21H17F2NO4/c1-27-20-9-14(7-8-19(20)28-12-13-5-3-2-4-6-13)24-18-11-17(23)16(22)10-15(18)21(25)26/h2-11,24H,12H2,1H3,(H,25,26). The highest BCUT2D eigenvalue weighted by atomic mass is 19.2. The number of rotatable bonds is 7. The van der Waals surface area contributed by atoms with Crippen molar-refractivity contribution in [3.05, 3.63) is 83.4 Å². The lowest BCUT2D eigenvalue weighted by Gasteiger charge is -2.14. The highest BCUT2D eigenvalue weighted by Gasteiger charge is 2.16. The zero-order valence-electron chi connectivity index (χ0n) is 14.9. The molecule has 0 unspecified atom stereocenters. The largest absolute Gasteiger partial charge is 0.493 e. The van der Waals surface area contributed by atoms with Gasteiger partial charge in [-0.25, -0.2) is 13.6 Å². The fraction of sp³-hybridized carbons (Fsp3) is 0.0952. The van der Waals surface area contributed by atoms with Crippen molar-refractivity contribution in [1.82, 2.24) is 0 Å². The number of benzene rings is 3. The van der Waals surface area contributed by atoms with Crippen LogP contribution in [-0.4, -0.2) is 18.2 Å². The van der Waals surface area contributed by atoms with Gasteiger partial charge in [0.2, 0.25) is 0 Å². The number of carbonyl (C=O) groups is 1. The molecule has 0 fully saturated rings. The van der Waals surface area contributed by atoms with Gasteiger partial charge in [0.25, 0.3) is 0 Å². The van der Waals surface area contributed by atoms with E-state index in [9.17, 15) is 18.7 Å². The van der Waals surface area contributed by atoms with Crippen LogP contribution in [0.2, 0.25) is 0 Å². The zero-order chi connectivity index (χ0) is 20.1. The molecule has 0 amide bonds. The van der Waals surface area contributed by atoms with Gasteiger partial charge in [-0.2, -0.15) is 0 Å². The Kier molecular flexibility index (Phi) is 5.74. The summed E-state index contributed by atoms with van der Waals surface area (Å²) in [7, 11) is 1.47. The van der Waals surface area contributed by atoms with Gasteiger partial charge >= 0.3 is 5.97 Å². The maximum atomic E-state index is 13.5. The van der Waals surface area contributed by atoms with Crippen molar-refractivity contribution >= 4 is 17.3 Å². The van der Waals surface area contributed by atoms with E-state index in [-0.39, 0.29) is 11.3 Å². The van der Waals surface area contributed by atoms with Crippen LogP contribution in [0.5, 0.6) is 11.5 Å². The maximum Gasteiger partial charge on any atom is 0.337 e. The summed E-state index contributed by atoms with van der Waals surface area (Å²) >= 11 is 0. The molecule has 0 saturated heterocycles. The van der Waals surface area contributed by atoms with Gasteiger partial charge in [0, 0.05) is 17.8 Å². The zero-order valence-corrected chi connectivity index (χ0v) is 14.9. The molecular formula is C21H17F2NO4. The summed E-state index contributed by atoms with van der Waals surface area (Å²) in [6.45, 7) is 0.344. The molecule has 0 atom stereocenters. The molecule has 0 spiro atoms. The molecule has 0 aliphatic rings. The lowest BCUT2D eigenvalue weighted by molar-refractivity contribution is 0.0697. The first kappa shape index (κ1) is 19.2. The molecule has 144 valence electrons. The van der Waals surface area contributed by atoms with E-state index >= 15 is 0 Å². The summed E-state index contributed by atoms with van der Waals surface area (Å²) in [6.07, 6.45) is 0. The van der Waals surface area contributed by atoms with Crippen molar-refractivity contribution in [2.45, 2.75) is 6.61 Å². The summed E-state index contributed by atoms with van der Waals surface area (Å²) in [6, 6.07) is 15.9. The van der Waals surface area contributed by atoms with Crippen molar-refractivity contribution in [1.29, 1.82) is 0 Å². The van der Waals surface area contributed by atoms with E-state index in [4.69, 9.17) is 9.47 Å². The first-order chi connectivity index (χ1) is 13.5. The quantitative estimate of drug-likeness (QED) is 0.599. The van der Waals surface area contributed by atoms with Gasteiger partial charge in [-0.05, 0) is 23.8 Å². The van der Waals surface area contributed by atoms with Gasteiger partial charge in [0.05, 0.1) is 18.4 Å².